The fourth-order valence-electron chi connectivity index (χ4n) is 7.48. The van der Waals surface area contributed by atoms with Gasteiger partial charge >= 0.3 is 0 Å². The van der Waals surface area contributed by atoms with Crippen molar-refractivity contribution in [1.82, 2.24) is 5.32 Å². The lowest BCUT2D eigenvalue weighted by Gasteiger charge is -2.23. The van der Waals surface area contributed by atoms with Crippen molar-refractivity contribution in [3.8, 4) is 44.5 Å². The van der Waals surface area contributed by atoms with E-state index in [9.17, 15) is 0 Å². The molecule has 1 aliphatic heterocycles. The molecule has 1 N–H and O–H groups in total. The Labute approximate surface area is 319 Å². The number of aliphatic imine (C=N–C) groups is 2. The van der Waals surface area contributed by atoms with Gasteiger partial charge in [0.25, 0.3) is 0 Å². The molecule has 0 fully saturated rings. The molecule has 0 spiro atoms. The Morgan fingerprint density at radius 1 is 0.400 bits per heavy atom. The fraction of sp³-hybridized carbons (Fsp3) is 0.0196. The smallest absolute Gasteiger partial charge is 0.159 e. The van der Waals surface area contributed by atoms with Crippen LogP contribution in [0.1, 0.15) is 22.9 Å². The molecule has 1 aliphatic rings. The number of rotatable bonds is 7. The van der Waals surface area contributed by atoms with Crippen LogP contribution in [0.4, 0.5) is 0 Å². The van der Waals surface area contributed by atoms with Crippen LogP contribution in [0, 0.1) is 0 Å². The molecular weight excluding hydrogens is 671 g/mol. The minimum atomic E-state index is -0.281. The largest absolute Gasteiger partial charge is 0.455 e. The summed E-state index contributed by atoms with van der Waals surface area (Å²) in [5.74, 6) is 1.46. The molecule has 1 aromatic heterocycles. The maximum Gasteiger partial charge on any atom is 0.159 e. The van der Waals surface area contributed by atoms with E-state index < -0.39 is 0 Å². The summed E-state index contributed by atoms with van der Waals surface area (Å²) in [6.07, 6.45) is -0.281. The predicted octanol–water partition coefficient (Wildman–Crippen LogP) is 12.7. The zero-order valence-corrected chi connectivity index (χ0v) is 29.9. The van der Waals surface area contributed by atoms with Crippen molar-refractivity contribution in [2.45, 2.75) is 6.17 Å². The Kier molecular flexibility index (Phi) is 8.19. The van der Waals surface area contributed by atoms with Gasteiger partial charge in [-0.15, -0.1) is 0 Å². The van der Waals surface area contributed by atoms with Gasteiger partial charge in [-0.25, -0.2) is 9.98 Å². The first kappa shape index (κ1) is 32.4. The van der Waals surface area contributed by atoms with E-state index in [1.807, 2.05) is 42.5 Å². The van der Waals surface area contributed by atoms with Crippen molar-refractivity contribution in [2.24, 2.45) is 9.98 Å². The predicted molar refractivity (Wildman–Crippen MR) is 227 cm³/mol. The van der Waals surface area contributed by atoms with Gasteiger partial charge in [0, 0.05) is 27.5 Å². The third kappa shape index (κ3) is 6.30. The molecule has 9 aromatic rings. The Hall–Kier alpha value is -7.30. The number of nitrogens with zero attached hydrogens (tertiary/aromatic N) is 2. The number of nitrogens with one attached hydrogen (secondary N) is 1. The summed E-state index contributed by atoms with van der Waals surface area (Å²) in [6.45, 7) is 0. The van der Waals surface area contributed by atoms with Gasteiger partial charge in [0.15, 0.2) is 5.84 Å². The zero-order chi connectivity index (χ0) is 36.6. The number of benzene rings is 8. The Morgan fingerprint density at radius 3 is 1.47 bits per heavy atom. The fourth-order valence-corrected chi connectivity index (χ4v) is 7.48. The van der Waals surface area contributed by atoms with Gasteiger partial charge in [-0.2, -0.15) is 0 Å². The molecule has 1 atom stereocenters. The molecule has 8 aromatic carbocycles. The highest BCUT2D eigenvalue weighted by atomic mass is 16.3. The van der Waals surface area contributed by atoms with E-state index in [2.05, 4.69) is 163 Å². The van der Waals surface area contributed by atoms with Crippen LogP contribution < -0.4 is 5.32 Å². The van der Waals surface area contributed by atoms with Gasteiger partial charge in [-0.3, -0.25) is 0 Å². The molecule has 10 rings (SSSR count). The molecule has 2 heterocycles. The van der Waals surface area contributed by atoms with Crippen LogP contribution in [0.5, 0.6) is 0 Å². The highest BCUT2D eigenvalue weighted by Gasteiger charge is 2.22. The molecule has 4 heteroatoms. The lowest BCUT2D eigenvalue weighted by molar-refractivity contribution is 0.669. The number of hydrogen-bond acceptors (Lipinski definition) is 4. The van der Waals surface area contributed by atoms with Crippen LogP contribution in [0.15, 0.2) is 215 Å². The molecule has 0 amide bonds. The average Bonchev–Trinajstić information content (AvgIpc) is 3.65. The van der Waals surface area contributed by atoms with Gasteiger partial charge in [0.2, 0.25) is 0 Å². The van der Waals surface area contributed by atoms with Crippen molar-refractivity contribution in [3.63, 3.8) is 0 Å². The van der Waals surface area contributed by atoms with Gasteiger partial charge in [-0.05, 0) is 74.8 Å². The maximum absolute atomic E-state index is 6.76. The van der Waals surface area contributed by atoms with Crippen LogP contribution in [-0.2, 0) is 0 Å². The second-order valence-electron chi connectivity index (χ2n) is 13.8. The standard InChI is InChI=1S/C51H35N3O/c1-5-13-34(14-6-1)36-21-23-38(24-22-36)43-32-44(39-27-25-37(26-28-39)35-15-7-2-8-16-35)48-46(33-43)45-31-42(29-30-47(45)55-48)51-53-49(40-17-9-3-10-18-40)52-50(54-51)41-19-11-4-12-20-41/h1-33,49H,(H,52,53,54). The molecule has 0 bridgehead atoms. The first-order valence-electron chi connectivity index (χ1n) is 18.6. The Balaban J connectivity index is 1.13. The lowest BCUT2D eigenvalue weighted by atomic mass is 9.93. The van der Waals surface area contributed by atoms with Crippen LogP contribution in [-0.4, -0.2) is 11.7 Å². The van der Waals surface area contributed by atoms with E-state index in [1.165, 1.54) is 22.3 Å². The molecule has 1 unspecified atom stereocenters. The van der Waals surface area contributed by atoms with E-state index in [0.29, 0.717) is 5.84 Å². The zero-order valence-electron chi connectivity index (χ0n) is 29.9. The number of furan rings is 1. The van der Waals surface area contributed by atoms with Gasteiger partial charge < -0.3 is 9.73 Å². The molecule has 0 saturated heterocycles. The van der Waals surface area contributed by atoms with Crippen LogP contribution >= 0.6 is 0 Å². The van der Waals surface area contributed by atoms with Crippen molar-refractivity contribution < 1.29 is 4.42 Å². The van der Waals surface area contributed by atoms with Crippen molar-refractivity contribution >= 4 is 33.6 Å². The molecule has 0 radical (unpaired) electrons. The molecular formula is C51H35N3O. The van der Waals surface area contributed by atoms with Gasteiger partial charge in [0.1, 0.15) is 23.2 Å². The summed E-state index contributed by atoms with van der Waals surface area (Å²) in [6, 6.07) is 70.0. The maximum atomic E-state index is 6.76. The van der Waals surface area contributed by atoms with Crippen molar-refractivity contribution in [1.29, 1.82) is 0 Å². The third-order valence-electron chi connectivity index (χ3n) is 10.4. The first-order valence-corrected chi connectivity index (χ1v) is 18.6. The molecule has 260 valence electrons. The Morgan fingerprint density at radius 2 is 0.873 bits per heavy atom. The number of amidine groups is 2. The Bertz CT molecular complexity index is 2840. The average molecular weight is 706 g/mol. The molecule has 55 heavy (non-hydrogen) atoms. The van der Waals surface area contributed by atoms with E-state index in [-0.39, 0.29) is 6.17 Å². The van der Waals surface area contributed by atoms with Gasteiger partial charge in [-0.1, -0.05) is 170 Å². The van der Waals surface area contributed by atoms with Crippen LogP contribution in [0.3, 0.4) is 0 Å². The summed E-state index contributed by atoms with van der Waals surface area (Å²) in [4.78, 5) is 10.2. The molecule has 0 saturated carbocycles. The topological polar surface area (TPSA) is 49.9 Å². The number of hydrogen-bond donors (Lipinski definition) is 1. The summed E-state index contributed by atoms with van der Waals surface area (Å²) < 4.78 is 6.76. The highest BCUT2D eigenvalue weighted by molar-refractivity contribution is 6.17. The van der Waals surface area contributed by atoms with E-state index in [4.69, 9.17) is 14.4 Å². The van der Waals surface area contributed by atoms with Crippen LogP contribution in [0.25, 0.3) is 66.4 Å². The number of fused-ring (bicyclic) bond motifs is 3. The minimum Gasteiger partial charge on any atom is -0.455 e. The highest BCUT2D eigenvalue weighted by Crippen LogP contribution is 2.41. The summed E-state index contributed by atoms with van der Waals surface area (Å²) >= 11 is 0. The van der Waals surface area contributed by atoms with Gasteiger partial charge in [0.05, 0.1) is 0 Å². The molecule has 4 nitrogen and oxygen atoms in total. The molecule has 0 aliphatic carbocycles. The van der Waals surface area contributed by atoms with Crippen molar-refractivity contribution in [3.05, 3.63) is 217 Å². The van der Waals surface area contributed by atoms with Crippen LogP contribution in [0.2, 0.25) is 0 Å². The lowest BCUT2D eigenvalue weighted by Crippen LogP contribution is -2.33. The normalized spacial score (nSPS) is 14.0. The van der Waals surface area contributed by atoms with Crippen molar-refractivity contribution in [2.75, 3.05) is 0 Å². The summed E-state index contributed by atoms with van der Waals surface area (Å²) in [5, 5.41) is 5.64. The quantitative estimate of drug-likeness (QED) is 0.179. The monoisotopic (exact) mass is 705 g/mol. The first-order chi connectivity index (χ1) is 27.2. The second-order valence-corrected chi connectivity index (χ2v) is 13.8. The van der Waals surface area contributed by atoms with E-state index in [1.54, 1.807) is 0 Å². The third-order valence-corrected chi connectivity index (χ3v) is 10.4. The minimum absolute atomic E-state index is 0.281. The summed E-state index contributed by atoms with van der Waals surface area (Å²) in [5.41, 5.74) is 13.8. The van der Waals surface area contributed by atoms with E-state index in [0.717, 1.165) is 66.7 Å². The van der Waals surface area contributed by atoms with E-state index >= 15 is 0 Å². The second kappa shape index (κ2) is 13.9. The SMILES string of the molecule is c1ccc(C2=NC(c3ccc4oc5c(-c6ccc(-c7ccccc7)cc6)cc(-c6ccc(-c7ccccc7)cc6)cc5c4c3)=NC(c3ccccc3)N2)cc1. The summed E-state index contributed by atoms with van der Waals surface area (Å²) in [7, 11) is 0.